The van der Waals surface area contributed by atoms with E-state index in [0.29, 0.717) is 18.5 Å². The summed E-state index contributed by atoms with van der Waals surface area (Å²) in [6, 6.07) is 16.5. The van der Waals surface area contributed by atoms with E-state index in [4.69, 9.17) is 0 Å². The first-order chi connectivity index (χ1) is 13.0. The van der Waals surface area contributed by atoms with Crippen molar-refractivity contribution in [1.82, 2.24) is 10.6 Å². The van der Waals surface area contributed by atoms with Gasteiger partial charge < -0.3 is 16.0 Å². The van der Waals surface area contributed by atoms with Gasteiger partial charge in [-0.15, -0.1) is 0 Å². The number of carbonyl (C=O) groups is 3. The molecule has 6 heteroatoms. The van der Waals surface area contributed by atoms with Crippen LogP contribution in [0.15, 0.2) is 60.3 Å². The molecule has 140 valence electrons. The fraction of sp³-hybridized carbons (Fsp3) is 0.190. The minimum Gasteiger partial charge on any atom is -0.359 e. The van der Waals surface area contributed by atoms with E-state index in [0.717, 1.165) is 11.1 Å². The molecule has 0 aliphatic rings. The lowest BCUT2D eigenvalue weighted by Crippen LogP contribution is -2.28. The molecule has 0 aromatic heterocycles. The standard InChI is InChI=1S/C21H23N3O3/c1-15(25)23-19(14-17-6-4-3-5-7-17)21(27)24-18-11-8-16(9-12-18)10-13-20(26)22-2/h3-9,11-12,14H,10,13H2,1-2H3,(H,22,26)(H,23,25)(H,24,27)/b19-14-. The van der Waals surface area contributed by atoms with E-state index in [2.05, 4.69) is 16.0 Å². The molecule has 2 aromatic carbocycles. The lowest BCUT2D eigenvalue weighted by Gasteiger charge is -2.10. The average Bonchev–Trinajstić information content (AvgIpc) is 2.67. The summed E-state index contributed by atoms with van der Waals surface area (Å²) in [7, 11) is 1.61. The largest absolute Gasteiger partial charge is 0.359 e. The van der Waals surface area contributed by atoms with Crippen molar-refractivity contribution in [3.63, 3.8) is 0 Å². The molecule has 0 fully saturated rings. The van der Waals surface area contributed by atoms with Gasteiger partial charge in [-0.3, -0.25) is 14.4 Å². The summed E-state index contributed by atoms with van der Waals surface area (Å²) in [5.41, 5.74) is 2.57. The monoisotopic (exact) mass is 365 g/mol. The molecule has 0 unspecified atom stereocenters. The second-order valence-corrected chi connectivity index (χ2v) is 5.97. The van der Waals surface area contributed by atoms with Crippen molar-refractivity contribution in [2.75, 3.05) is 12.4 Å². The van der Waals surface area contributed by atoms with Crippen LogP contribution < -0.4 is 16.0 Å². The van der Waals surface area contributed by atoms with E-state index in [9.17, 15) is 14.4 Å². The van der Waals surface area contributed by atoms with Crippen molar-refractivity contribution in [3.05, 3.63) is 71.4 Å². The Bertz CT molecular complexity index is 828. The topological polar surface area (TPSA) is 87.3 Å². The van der Waals surface area contributed by atoms with E-state index in [1.54, 1.807) is 25.3 Å². The summed E-state index contributed by atoms with van der Waals surface area (Å²) in [4.78, 5) is 35.3. The van der Waals surface area contributed by atoms with Gasteiger partial charge in [-0.05, 0) is 35.8 Å². The Labute approximate surface area is 158 Å². The summed E-state index contributed by atoms with van der Waals surface area (Å²) in [5.74, 6) is -0.748. The highest BCUT2D eigenvalue weighted by Gasteiger charge is 2.12. The van der Waals surface area contributed by atoms with Crippen molar-refractivity contribution < 1.29 is 14.4 Å². The van der Waals surface area contributed by atoms with Gasteiger partial charge in [0.1, 0.15) is 5.70 Å². The first-order valence-corrected chi connectivity index (χ1v) is 8.63. The van der Waals surface area contributed by atoms with Gasteiger partial charge in [-0.25, -0.2) is 0 Å². The molecular weight excluding hydrogens is 342 g/mol. The normalized spacial score (nSPS) is 10.8. The number of nitrogens with one attached hydrogen (secondary N) is 3. The Morgan fingerprint density at radius 2 is 1.63 bits per heavy atom. The lowest BCUT2D eigenvalue weighted by molar-refractivity contribution is -0.121. The van der Waals surface area contributed by atoms with Gasteiger partial charge >= 0.3 is 0 Å². The highest BCUT2D eigenvalue weighted by molar-refractivity contribution is 6.08. The number of hydrogen-bond donors (Lipinski definition) is 3. The first-order valence-electron chi connectivity index (χ1n) is 8.63. The van der Waals surface area contributed by atoms with Crippen LogP contribution in [0.5, 0.6) is 0 Å². The smallest absolute Gasteiger partial charge is 0.272 e. The predicted octanol–water partition coefficient (Wildman–Crippen LogP) is 2.48. The number of aryl methyl sites for hydroxylation is 1. The second-order valence-electron chi connectivity index (χ2n) is 5.97. The van der Waals surface area contributed by atoms with Crippen molar-refractivity contribution in [2.24, 2.45) is 0 Å². The molecule has 0 spiro atoms. The van der Waals surface area contributed by atoms with Gasteiger partial charge in [0.15, 0.2) is 0 Å². The van der Waals surface area contributed by atoms with Gasteiger partial charge in [-0.2, -0.15) is 0 Å². The third kappa shape index (κ3) is 6.78. The number of rotatable bonds is 7. The Kier molecular flexibility index (Phi) is 7.31. The molecule has 0 atom stereocenters. The zero-order chi connectivity index (χ0) is 19.6. The molecule has 3 N–H and O–H groups in total. The van der Waals surface area contributed by atoms with Crippen LogP contribution in [0, 0.1) is 0 Å². The summed E-state index contributed by atoms with van der Waals surface area (Å²) in [6.07, 6.45) is 2.65. The molecule has 0 heterocycles. The summed E-state index contributed by atoms with van der Waals surface area (Å²) in [5, 5.41) is 7.92. The second kappa shape index (κ2) is 9.91. The van der Waals surface area contributed by atoms with Crippen LogP contribution in [-0.4, -0.2) is 24.8 Å². The highest BCUT2D eigenvalue weighted by atomic mass is 16.2. The van der Waals surface area contributed by atoms with Gasteiger partial charge in [0.25, 0.3) is 5.91 Å². The zero-order valence-corrected chi connectivity index (χ0v) is 15.4. The van der Waals surface area contributed by atoms with Crippen molar-refractivity contribution in [1.29, 1.82) is 0 Å². The number of amides is 3. The molecule has 0 radical (unpaired) electrons. The van der Waals surface area contributed by atoms with Crippen LogP contribution in [0.2, 0.25) is 0 Å². The van der Waals surface area contributed by atoms with E-state index in [-0.39, 0.29) is 17.5 Å². The third-order valence-corrected chi connectivity index (χ3v) is 3.80. The maximum Gasteiger partial charge on any atom is 0.272 e. The van der Waals surface area contributed by atoms with E-state index >= 15 is 0 Å². The Hall–Kier alpha value is -3.41. The molecular formula is C21H23N3O3. The molecule has 2 aromatic rings. The van der Waals surface area contributed by atoms with E-state index in [1.165, 1.54) is 6.92 Å². The SMILES string of the molecule is CNC(=O)CCc1ccc(NC(=O)/C(=C/c2ccccc2)NC(C)=O)cc1. The van der Waals surface area contributed by atoms with Crippen molar-refractivity contribution in [2.45, 2.75) is 19.8 Å². The highest BCUT2D eigenvalue weighted by Crippen LogP contribution is 2.13. The Morgan fingerprint density at radius 1 is 0.963 bits per heavy atom. The van der Waals surface area contributed by atoms with Crippen LogP contribution in [-0.2, 0) is 20.8 Å². The average molecular weight is 365 g/mol. The summed E-state index contributed by atoms with van der Waals surface area (Å²) in [6.45, 7) is 1.35. The third-order valence-electron chi connectivity index (χ3n) is 3.80. The fourth-order valence-corrected chi connectivity index (χ4v) is 2.40. The number of hydrogen-bond acceptors (Lipinski definition) is 3. The minimum atomic E-state index is -0.410. The Balaban J connectivity index is 2.07. The molecule has 0 aliphatic heterocycles. The van der Waals surface area contributed by atoms with E-state index < -0.39 is 5.91 Å². The number of carbonyl (C=O) groups excluding carboxylic acids is 3. The van der Waals surface area contributed by atoms with Crippen LogP contribution in [0.3, 0.4) is 0 Å². The molecule has 0 saturated carbocycles. The predicted molar refractivity (Wildman–Crippen MR) is 106 cm³/mol. The molecule has 0 aliphatic carbocycles. The number of benzene rings is 2. The molecule has 2 rings (SSSR count). The van der Waals surface area contributed by atoms with E-state index in [1.807, 2.05) is 42.5 Å². The van der Waals surface area contributed by atoms with Crippen molar-refractivity contribution in [3.8, 4) is 0 Å². The van der Waals surface area contributed by atoms with Crippen LogP contribution >= 0.6 is 0 Å². The first kappa shape index (κ1) is 19.9. The lowest BCUT2D eigenvalue weighted by atomic mass is 10.1. The van der Waals surface area contributed by atoms with Gasteiger partial charge in [0, 0.05) is 26.1 Å². The zero-order valence-electron chi connectivity index (χ0n) is 15.4. The molecule has 0 saturated heterocycles. The van der Waals surface area contributed by atoms with Gasteiger partial charge in [0.2, 0.25) is 11.8 Å². The maximum absolute atomic E-state index is 12.5. The Morgan fingerprint density at radius 3 is 2.22 bits per heavy atom. The molecule has 3 amide bonds. The summed E-state index contributed by atoms with van der Waals surface area (Å²) < 4.78 is 0. The summed E-state index contributed by atoms with van der Waals surface area (Å²) >= 11 is 0. The number of anilines is 1. The molecule has 27 heavy (non-hydrogen) atoms. The quantitative estimate of drug-likeness (QED) is 0.659. The van der Waals surface area contributed by atoms with Crippen molar-refractivity contribution >= 4 is 29.5 Å². The van der Waals surface area contributed by atoms with Crippen LogP contribution in [0.1, 0.15) is 24.5 Å². The fourth-order valence-electron chi connectivity index (χ4n) is 2.40. The van der Waals surface area contributed by atoms with Crippen LogP contribution in [0.25, 0.3) is 6.08 Å². The maximum atomic E-state index is 12.5. The van der Waals surface area contributed by atoms with Gasteiger partial charge in [0.05, 0.1) is 0 Å². The molecule has 0 bridgehead atoms. The van der Waals surface area contributed by atoms with Gasteiger partial charge in [-0.1, -0.05) is 42.5 Å². The van der Waals surface area contributed by atoms with Crippen LogP contribution in [0.4, 0.5) is 5.69 Å². The molecule has 6 nitrogen and oxygen atoms in total. The minimum absolute atomic E-state index is 0.0154.